The number of esters is 1. The van der Waals surface area contributed by atoms with Crippen molar-refractivity contribution in [2.75, 3.05) is 19.8 Å². The molecule has 5 nitrogen and oxygen atoms in total. The fraction of sp³-hybridized carbons (Fsp3) is 0.355. The zero-order valence-corrected chi connectivity index (χ0v) is 21.8. The van der Waals surface area contributed by atoms with Gasteiger partial charge in [0, 0.05) is 24.6 Å². The van der Waals surface area contributed by atoms with Crippen molar-refractivity contribution in [2.45, 2.75) is 46.6 Å². The number of carbonyl (C=O) groups is 2. The maximum Gasteiger partial charge on any atom is 0.310 e. The van der Waals surface area contributed by atoms with E-state index in [1.54, 1.807) is 13.0 Å². The molecule has 0 aromatic heterocycles. The number of benzene rings is 3. The van der Waals surface area contributed by atoms with Gasteiger partial charge >= 0.3 is 5.97 Å². The van der Waals surface area contributed by atoms with E-state index in [0.717, 1.165) is 27.8 Å². The number of halogens is 1. The standard InChI is InChI=1S/C31H34FNO4/c1-4-36-29-14-11-23(19-30(34)37-5-2)18-26(29)24-12-13-28(32)25-15-16-33(20-27(24)25)31(35)21(3)17-22-9-7-6-8-10-22/h6-14,18,21H,4-5,15-17,19-20H2,1-3H3. The zero-order valence-electron chi connectivity index (χ0n) is 21.8. The number of carbonyl (C=O) groups excluding carboxylic acids is 2. The summed E-state index contributed by atoms with van der Waals surface area (Å²) in [7, 11) is 0. The molecule has 4 rings (SSSR count). The fourth-order valence-electron chi connectivity index (χ4n) is 5.00. The second-order valence-corrected chi connectivity index (χ2v) is 9.40. The predicted molar refractivity (Wildman–Crippen MR) is 142 cm³/mol. The minimum absolute atomic E-state index is 0.0609. The van der Waals surface area contributed by atoms with Crippen molar-refractivity contribution in [3.8, 4) is 16.9 Å². The number of fused-ring (bicyclic) bond motifs is 1. The van der Waals surface area contributed by atoms with E-state index in [0.29, 0.717) is 50.5 Å². The molecular weight excluding hydrogens is 469 g/mol. The molecule has 1 aliphatic rings. The Bertz CT molecular complexity index is 1260. The lowest BCUT2D eigenvalue weighted by atomic mass is 9.88. The minimum Gasteiger partial charge on any atom is -0.493 e. The fourth-order valence-corrected chi connectivity index (χ4v) is 5.00. The second-order valence-electron chi connectivity index (χ2n) is 9.40. The van der Waals surface area contributed by atoms with E-state index in [1.165, 1.54) is 6.07 Å². The van der Waals surface area contributed by atoms with E-state index < -0.39 is 0 Å². The van der Waals surface area contributed by atoms with Gasteiger partial charge in [-0.1, -0.05) is 49.4 Å². The first-order chi connectivity index (χ1) is 17.9. The Morgan fingerprint density at radius 1 is 0.946 bits per heavy atom. The van der Waals surface area contributed by atoms with E-state index in [-0.39, 0.29) is 30.0 Å². The highest BCUT2D eigenvalue weighted by Gasteiger charge is 2.29. The molecule has 0 spiro atoms. The van der Waals surface area contributed by atoms with Crippen LogP contribution in [0.4, 0.5) is 4.39 Å². The van der Waals surface area contributed by atoms with Crippen molar-refractivity contribution in [2.24, 2.45) is 5.92 Å². The SMILES string of the molecule is CCOC(=O)Cc1ccc(OCC)c(-c2ccc(F)c3c2CN(C(=O)C(C)Cc2ccccc2)CC3)c1. The molecule has 1 amide bonds. The molecule has 1 heterocycles. The first kappa shape index (κ1) is 26.4. The summed E-state index contributed by atoms with van der Waals surface area (Å²) in [6, 6.07) is 18.8. The van der Waals surface area contributed by atoms with E-state index in [1.807, 2.05) is 67.3 Å². The van der Waals surface area contributed by atoms with Crippen LogP contribution in [-0.2, 0) is 40.1 Å². The molecule has 3 aromatic carbocycles. The van der Waals surface area contributed by atoms with Crippen molar-refractivity contribution < 1.29 is 23.5 Å². The summed E-state index contributed by atoms with van der Waals surface area (Å²) in [5.74, 6) is -0.0322. The molecular formula is C31H34FNO4. The van der Waals surface area contributed by atoms with Crippen LogP contribution in [0, 0.1) is 11.7 Å². The molecule has 0 aliphatic carbocycles. The van der Waals surface area contributed by atoms with Gasteiger partial charge in [-0.2, -0.15) is 0 Å². The molecule has 37 heavy (non-hydrogen) atoms. The van der Waals surface area contributed by atoms with E-state index in [9.17, 15) is 14.0 Å². The van der Waals surface area contributed by atoms with E-state index in [4.69, 9.17) is 9.47 Å². The van der Waals surface area contributed by atoms with Crippen LogP contribution in [-0.4, -0.2) is 36.5 Å². The molecule has 0 radical (unpaired) electrons. The van der Waals surface area contributed by atoms with Crippen molar-refractivity contribution in [1.29, 1.82) is 0 Å². The van der Waals surface area contributed by atoms with Gasteiger partial charge in [0.15, 0.2) is 0 Å². The third-order valence-corrected chi connectivity index (χ3v) is 6.76. The van der Waals surface area contributed by atoms with Gasteiger partial charge in [-0.3, -0.25) is 9.59 Å². The second kappa shape index (κ2) is 12.0. The quantitative estimate of drug-likeness (QED) is 0.349. The first-order valence-corrected chi connectivity index (χ1v) is 13.0. The number of hydrogen-bond donors (Lipinski definition) is 0. The van der Waals surface area contributed by atoms with Crippen molar-refractivity contribution >= 4 is 11.9 Å². The van der Waals surface area contributed by atoms with Crippen LogP contribution in [0.15, 0.2) is 60.7 Å². The van der Waals surface area contributed by atoms with Crippen LogP contribution in [0.25, 0.3) is 11.1 Å². The van der Waals surface area contributed by atoms with Crippen LogP contribution in [0.1, 0.15) is 43.0 Å². The average Bonchev–Trinajstić information content (AvgIpc) is 2.90. The highest BCUT2D eigenvalue weighted by molar-refractivity contribution is 5.81. The lowest BCUT2D eigenvalue weighted by molar-refractivity contribution is -0.142. The summed E-state index contributed by atoms with van der Waals surface area (Å²) in [6.45, 7) is 7.23. The van der Waals surface area contributed by atoms with Crippen LogP contribution >= 0.6 is 0 Å². The average molecular weight is 504 g/mol. The molecule has 6 heteroatoms. The number of nitrogens with zero attached hydrogens (tertiary/aromatic N) is 1. The van der Waals surface area contributed by atoms with Crippen LogP contribution < -0.4 is 4.74 Å². The summed E-state index contributed by atoms with van der Waals surface area (Å²) >= 11 is 0. The maximum atomic E-state index is 14.9. The molecule has 0 bridgehead atoms. The summed E-state index contributed by atoms with van der Waals surface area (Å²) < 4.78 is 26.0. The van der Waals surface area contributed by atoms with Gasteiger partial charge in [-0.05, 0) is 72.7 Å². The Labute approximate surface area is 218 Å². The van der Waals surface area contributed by atoms with E-state index >= 15 is 0 Å². The summed E-state index contributed by atoms with van der Waals surface area (Å²) in [5.41, 5.74) is 4.93. The Morgan fingerprint density at radius 2 is 1.73 bits per heavy atom. The van der Waals surface area contributed by atoms with Gasteiger partial charge < -0.3 is 14.4 Å². The van der Waals surface area contributed by atoms with Crippen molar-refractivity contribution in [3.05, 3.63) is 88.7 Å². The summed E-state index contributed by atoms with van der Waals surface area (Å²) in [4.78, 5) is 27.4. The largest absolute Gasteiger partial charge is 0.493 e. The normalized spacial score (nSPS) is 13.6. The van der Waals surface area contributed by atoms with Crippen LogP contribution in [0.5, 0.6) is 5.75 Å². The predicted octanol–water partition coefficient (Wildman–Crippen LogP) is 5.76. The number of ether oxygens (including phenoxy) is 2. The van der Waals surface area contributed by atoms with Gasteiger partial charge in [0.1, 0.15) is 11.6 Å². The Balaban J connectivity index is 1.66. The minimum atomic E-state index is -0.303. The topological polar surface area (TPSA) is 55.8 Å². The van der Waals surface area contributed by atoms with Crippen LogP contribution in [0.3, 0.4) is 0 Å². The Hall–Kier alpha value is -3.67. The maximum absolute atomic E-state index is 14.9. The molecule has 194 valence electrons. The summed E-state index contributed by atoms with van der Waals surface area (Å²) in [6.07, 6.45) is 1.24. The first-order valence-electron chi connectivity index (χ1n) is 13.0. The molecule has 1 atom stereocenters. The van der Waals surface area contributed by atoms with Gasteiger partial charge in [-0.25, -0.2) is 4.39 Å². The highest BCUT2D eigenvalue weighted by atomic mass is 19.1. The lowest BCUT2D eigenvalue weighted by Gasteiger charge is -2.33. The number of amides is 1. The van der Waals surface area contributed by atoms with Gasteiger partial charge in [0.2, 0.25) is 5.91 Å². The molecule has 0 saturated heterocycles. The molecule has 1 aliphatic heterocycles. The monoisotopic (exact) mass is 503 g/mol. The van der Waals surface area contributed by atoms with Gasteiger partial charge in [-0.15, -0.1) is 0 Å². The van der Waals surface area contributed by atoms with Crippen LogP contribution in [0.2, 0.25) is 0 Å². The Morgan fingerprint density at radius 3 is 2.46 bits per heavy atom. The lowest BCUT2D eigenvalue weighted by Crippen LogP contribution is -2.40. The molecule has 1 unspecified atom stereocenters. The zero-order chi connectivity index (χ0) is 26.4. The van der Waals surface area contributed by atoms with Crippen molar-refractivity contribution in [3.63, 3.8) is 0 Å². The number of hydrogen-bond acceptors (Lipinski definition) is 4. The van der Waals surface area contributed by atoms with E-state index in [2.05, 4.69) is 0 Å². The summed E-state index contributed by atoms with van der Waals surface area (Å²) in [5, 5.41) is 0. The third kappa shape index (κ3) is 6.19. The van der Waals surface area contributed by atoms with Gasteiger partial charge in [0.05, 0.1) is 19.6 Å². The highest BCUT2D eigenvalue weighted by Crippen LogP contribution is 2.38. The third-order valence-electron chi connectivity index (χ3n) is 6.76. The van der Waals surface area contributed by atoms with Gasteiger partial charge in [0.25, 0.3) is 0 Å². The molecule has 3 aromatic rings. The Kier molecular flexibility index (Phi) is 8.59. The molecule has 0 saturated carbocycles. The van der Waals surface area contributed by atoms with Crippen molar-refractivity contribution in [1.82, 2.24) is 4.90 Å². The smallest absolute Gasteiger partial charge is 0.310 e. The molecule has 0 N–H and O–H groups in total. The number of rotatable bonds is 9. The molecule has 0 fully saturated rings.